The van der Waals surface area contributed by atoms with Crippen molar-refractivity contribution in [2.45, 2.75) is 20.8 Å². The summed E-state index contributed by atoms with van der Waals surface area (Å²) in [5, 5.41) is 5.16. The molecule has 0 fully saturated rings. The van der Waals surface area contributed by atoms with Crippen LogP contribution in [0.1, 0.15) is 16.8 Å². The third-order valence-electron chi connectivity index (χ3n) is 3.48. The normalized spacial score (nSPS) is 11.3. The molecular formula is C14H15N3O. The maximum Gasteiger partial charge on any atom is 0.222 e. The van der Waals surface area contributed by atoms with Crippen LogP contribution in [0.2, 0.25) is 0 Å². The number of H-pyrrole nitrogens is 1. The number of rotatable bonds is 1. The van der Waals surface area contributed by atoms with Crippen LogP contribution < -0.4 is 5.73 Å². The van der Waals surface area contributed by atoms with Crippen LogP contribution in [0.5, 0.6) is 0 Å². The number of benzene rings is 1. The number of aromatic nitrogens is 2. The van der Waals surface area contributed by atoms with E-state index in [4.69, 9.17) is 10.3 Å². The average molecular weight is 241 g/mol. The first-order chi connectivity index (χ1) is 8.58. The summed E-state index contributed by atoms with van der Waals surface area (Å²) in [6.07, 6.45) is 0. The maximum atomic E-state index is 5.59. The summed E-state index contributed by atoms with van der Waals surface area (Å²) in [4.78, 5) is 3.42. The highest BCUT2D eigenvalue weighted by molar-refractivity contribution is 5.98. The molecule has 3 rings (SSSR count). The van der Waals surface area contributed by atoms with Crippen molar-refractivity contribution in [2.24, 2.45) is 0 Å². The van der Waals surface area contributed by atoms with E-state index in [2.05, 4.69) is 36.1 Å². The molecule has 18 heavy (non-hydrogen) atoms. The first-order valence-electron chi connectivity index (χ1n) is 5.89. The molecule has 0 aliphatic heterocycles. The van der Waals surface area contributed by atoms with Crippen molar-refractivity contribution in [1.29, 1.82) is 0 Å². The van der Waals surface area contributed by atoms with Crippen LogP contribution in [0.25, 0.3) is 22.2 Å². The zero-order valence-electron chi connectivity index (χ0n) is 10.7. The summed E-state index contributed by atoms with van der Waals surface area (Å²) >= 11 is 0. The van der Waals surface area contributed by atoms with Crippen molar-refractivity contribution < 1.29 is 4.52 Å². The highest BCUT2D eigenvalue weighted by atomic mass is 16.5. The molecule has 0 saturated heterocycles. The molecule has 0 saturated carbocycles. The number of hydrogen-bond donors (Lipinski definition) is 2. The Balaban J connectivity index is 2.36. The minimum absolute atomic E-state index is 0.336. The zero-order chi connectivity index (χ0) is 12.9. The second-order valence-corrected chi connectivity index (χ2v) is 4.67. The van der Waals surface area contributed by atoms with Gasteiger partial charge in [-0.2, -0.15) is 0 Å². The molecule has 1 aromatic carbocycles. The van der Waals surface area contributed by atoms with Gasteiger partial charge in [0.05, 0.1) is 0 Å². The summed E-state index contributed by atoms with van der Waals surface area (Å²) < 4.78 is 4.96. The number of aryl methyl sites for hydroxylation is 3. The Morgan fingerprint density at radius 2 is 2.00 bits per heavy atom. The third kappa shape index (κ3) is 1.42. The van der Waals surface area contributed by atoms with E-state index in [1.54, 1.807) is 6.07 Å². The molecule has 4 heteroatoms. The maximum absolute atomic E-state index is 5.59. The lowest BCUT2D eigenvalue weighted by Gasteiger charge is -2.01. The largest absolute Gasteiger partial charge is 0.368 e. The molecule has 0 aliphatic carbocycles. The molecule has 0 bridgehead atoms. The molecule has 4 nitrogen and oxygen atoms in total. The minimum atomic E-state index is 0.336. The topological polar surface area (TPSA) is 67.8 Å². The fourth-order valence-corrected chi connectivity index (χ4v) is 2.37. The molecule has 3 N–H and O–H groups in total. The van der Waals surface area contributed by atoms with Crippen LogP contribution in [0, 0.1) is 20.8 Å². The van der Waals surface area contributed by atoms with Crippen LogP contribution in [0.15, 0.2) is 22.7 Å². The molecular weight excluding hydrogens is 226 g/mol. The highest BCUT2D eigenvalue weighted by Crippen LogP contribution is 2.34. The summed E-state index contributed by atoms with van der Waals surface area (Å²) in [6, 6.07) is 5.99. The number of anilines is 1. The smallest absolute Gasteiger partial charge is 0.222 e. The molecule has 0 atom stereocenters. The second kappa shape index (κ2) is 3.63. The van der Waals surface area contributed by atoms with E-state index < -0.39 is 0 Å². The van der Waals surface area contributed by atoms with E-state index >= 15 is 0 Å². The Labute approximate surface area is 105 Å². The van der Waals surface area contributed by atoms with E-state index in [1.807, 2.05) is 6.92 Å². The first kappa shape index (κ1) is 10.9. The Hall–Kier alpha value is -2.23. The van der Waals surface area contributed by atoms with E-state index in [0.29, 0.717) is 5.88 Å². The fourth-order valence-electron chi connectivity index (χ4n) is 2.37. The molecule has 0 aliphatic rings. The number of nitrogens with two attached hydrogens (primary N) is 1. The predicted octanol–water partition coefficient (Wildman–Crippen LogP) is 3.33. The van der Waals surface area contributed by atoms with E-state index in [9.17, 15) is 0 Å². The Bertz CT molecular complexity index is 737. The summed E-state index contributed by atoms with van der Waals surface area (Å²) in [5.74, 6) is 0.336. The fraction of sp³-hybridized carbons (Fsp3) is 0.214. The number of aromatic amines is 1. The summed E-state index contributed by atoms with van der Waals surface area (Å²) in [6.45, 7) is 6.27. The SMILES string of the molecule is Cc1ccc2c(-c3cc(N)on3)c(C)[nH]c2c1C. The molecule has 2 aromatic heterocycles. The number of nitrogen functional groups attached to an aromatic ring is 1. The first-order valence-corrected chi connectivity index (χ1v) is 5.89. The standard InChI is InChI=1S/C14H15N3O/c1-7-4-5-10-13(11-6-12(15)18-17-11)9(3)16-14(10)8(7)2/h4-6,16H,15H2,1-3H3. The average Bonchev–Trinajstić information content (AvgIpc) is 2.87. The highest BCUT2D eigenvalue weighted by Gasteiger charge is 2.15. The van der Waals surface area contributed by atoms with Crippen LogP contribution in [0.4, 0.5) is 5.88 Å². The lowest BCUT2D eigenvalue weighted by atomic mass is 10.0. The van der Waals surface area contributed by atoms with Crippen molar-refractivity contribution in [3.05, 3.63) is 35.0 Å². The summed E-state index contributed by atoms with van der Waals surface area (Å²) in [7, 11) is 0. The van der Waals surface area contributed by atoms with E-state index in [-0.39, 0.29) is 0 Å². The van der Waals surface area contributed by atoms with Crippen molar-refractivity contribution in [1.82, 2.24) is 10.1 Å². The number of hydrogen-bond acceptors (Lipinski definition) is 3. The third-order valence-corrected chi connectivity index (χ3v) is 3.48. The van der Waals surface area contributed by atoms with Crippen LogP contribution in [-0.4, -0.2) is 10.1 Å². The Kier molecular flexibility index (Phi) is 2.20. The lowest BCUT2D eigenvalue weighted by molar-refractivity contribution is 0.439. The molecule has 0 radical (unpaired) electrons. The van der Waals surface area contributed by atoms with Gasteiger partial charge in [0.25, 0.3) is 0 Å². The van der Waals surface area contributed by atoms with Crippen molar-refractivity contribution in [3.63, 3.8) is 0 Å². The number of nitrogens with zero attached hydrogens (tertiary/aromatic N) is 1. The monoisotopic (exact) mass is 241 g/mol. The van der Waals surface area contributed by atoms with Gasteiger partial charge in [-0.15, -0.1) is 0 Å². The van der Waals surface area contributed by atoms with Crippen molar-refractivity contribution in [3.8, 4) is 11.3 Å². The molecule has 2 heterocycles. The minimum Gasteiger partial charge on any atom is -0.368 e. The molecule has 0 amide bonds. The van der Waals surface area contributed by atoms with Crippen LogP contribution in [-0.2, 0) is 0 Å². The van der Waals surface area contributed by atoms with E-state index in [0.717, 1.165) is 27.9 Å². The van der Waals surface area contributed by atoms with Crippen molar-refractivity contribution in [2.75, 3.05) is 5.73 Å². The zero-order valence-corrected chi connectivity index (χ0v) is 10.7. The van der Waals surface area contributed by atoms with Gasteiger partial charge in [0.15, 0.2) is 0 Å². The Morgan fingerprint density at radius 3 is 2.67 bits per heavy atom. The quantitative estimate of drug-likeness (QED) is 0.686. The molecule has 0 spiro atoms. The van der Waals surface area contributed by atoms with Crippen LogP contribution in [0.3, 0.4) is 0 Å². The lowest BCUT2D eigenvalue weighted by Crippen LogP contribution is -1.82. The van der Waals surface area contributed by atoms with Gasteiger partial charge in [-0.3, -0.25) is 0 Å². The van der Waals surface area contributed by atoms with Gasteiger partial charge in [0.2, 0.25) is 5.88 Å². The summed E-state index contributed by atoms with van der Waals surface area (Å²) in [5.41, 5.74) is 12.2. The van der Waals surface area contributed by atoms with Gasteiger partial charge in [-0.25, -0.2) is 0 Å². The van der Waals surface area contributed by atoms with Crippen molar-refractivity contribution >= 4 is 16.8 Å². The molecule has 0 unspecified atom stereocenters. The second-order valence-electron chi connectivity index (χ2n) is 4.67. The number of fused-ring (bicyclic) bond motifs is 1. The molecule has 92 valence electrons. The van der Waals surface area contributed by atoms with Gasteiger partial charge in [-0.1, -0.05) is 17.3 Å². The van der Waals surface area contributed by atoms with Gasteiger partial charge >= 0.3 is 0 Å². The van der Waals surface area contributed by atoms with Gasteiger partial charge in [0, 0.05) is 28.2 Å². The van der Waals surface area contributed by atoms with Gasteiger partial charge in [-0.05, 0) is 31.9 Å². The number of nitrogens with one attached hydrogen (secondary N) is 1. The van der Waals surface area contributed by atoms with Crippen LogP contribution >= 0.6 is 0 Å². The predicted molar refractivity (Wildman–Crippen MR) is 72.4 cm³/mol. The van der Waals surface area contributed by atoms with Gasteiger partial charge in [0.1, 0.15) is 5.69 Å². The molecule has 3 aromatic rings. The Morgan fingerprint density at radius 1 is 1.22 bits per heavy atom. The van der Waals surface area contributed by atoms with E-state index in [1.165, 1.54) is 11.1 Å². The van der Waals surface area contributed by atoms with Gasteiger partial charge < -0.3 is 15.2 Å².